The van der Waals surface area contributed by atoms with Crippen LogP contribution in [-0.4, -0.2) is 17.4 Å². The minimum atomic E-state index is -2.02. The molecule has 6 heteroatoms. The van der Waals surface area contributed by atoms with Gasteiger partial charge < -0.3 is 13.3 Å². The molecule has 0 radical (unpaired) electrons. The Balaban J connectivity index is 3.28. The van der Waals surface area contributed by atoms with Crippen LogP contribution in [0.3, 0.4) is 0 Å². The molecule has 138 valence electrons. The van der Waals surface area contributed by atoms with Gasteiger partial charge in [0.05, 0.1) is 6.07 Å². The molecule has 0 amide bonds. The van der Waals surface area contributed by atoms with E-state index in [1.165, 1.54) is 6.07 Å². The van der Waals surface area contributed by atoms with Gasteiger partial charge in [-0.2, -0.15) is 0 Å². The van der Waals surface area contributed by atoms with E-state index in [2.05, 4.69) is 67.7 Å². The Bertz CT molecular complexity index is 607. The largest absolute Gasteiger partial charge is 0.543 e. The lowest BCUT2D eigenvalue weighted by Crippen LogP contribution is -2.44. The third-order valence-electron chi connectivity index (χ3n) is 4.40. The molecule has 0 fully saturated rings. The second-order valence-corrected chi connectivity index (χ2v) is 16.4. The first-order valence-corrected chi connectivity index (χ1v) is 14.3. The van der Waals surface area contributed by atoms with Crippen LogP contribution < -0.4 is 10.1 Å². The van der Waals surface area contributed by atoms with Crippen LogP contribution in [0.25, 0.3) is 0 Å². The minimum Gasteiger partial charge on any atom is -0.543 e. The highest BCUT2D eigenvalue weighted by Gasteiger charge is 2.39. The van der Waals surface area contributed by atoms with Crippen molar-refractivity contribution in [3.05, 3.63) is 28.3 Å². The van der Waals surface area contributed by atoms with Crippen LogP contribution in [0.1, 0.15) is 53.4 Å². The van der Waals surface area contributed by atoms with Crippen LogP contribution >= 0.6 is 0 Å². The molecular weight excluding hydrogens is 336 g/mol. The van der Waals surface area contributed by atoms with Gasteiger partial charge in [0, 0.05) is 6.07 Å². The second-order valence-electron chi connectivity index (χ2n) is 9.31. The predicted molar refractivity (Wildman–Crippen MR) is 105 cm³/mol. The summed E-state index contributed by atoms with van der Waals surface area (Å²) in [6.45, 7) is 21.4. The molecule has 1 rings (SSSR count). The molecule has 0 aliphatic rings. The summed E-state index contributed by atoms with van der Waals surface area (Å²) in [6, 6.07) is 3.28. The van der Waals surface area contributed by atoms with E-state index >= 15 is 0 Å². The second kappa shape index (κ2) is 7.18. The molecule has 1 aromatic rings. The third-order valence-corrected chi connectivity index (χ3v) is 9.57. The van der Waals surface area contributed by atoms with Crippen LogP contribution in [0.2, 0.25) is 31.2 Å². The van der Waals surface area contributed by atoms with Crippen molar-refractivity contribution in [2.75, 3.05) is 0 Å². The highest BCUT2D eigenvalue weighted by Crippen LogP contribution is 2.40. The quantitative estimate of drug-likeness (QED) is 0.676. The highest BCUT2D eigenvalue weighted by molar-refractivity contribution is 6.74. The average Bonchev–Trinajstić information content (AvgIpc) is 2.31. The Morgan fingerprint density at radius 3 is 2.04 bits per heavy atom. The van der Waals surface area contributed by atoms with Gasteiger partial charge in [0.15, 0.2) is 9.04 Å². The minimum absolute atomic E-state index is 0.0635. The van der Waals surface area contributed by atoms with Crippen molar-refractivity contribution in [3.8, 4) is 5.75 Å². The van der Waals surface area contributed by atoms with E-state index < -0.39 is 17.4 Å². The molecule has 1 aromatic heterocycles. The van der Waals surface area contributed by atoms with Crippen LogP contribution in [0.4, 0.5) is 0 Å². The van der Waals surface area contributed by atoms with E-state index in [0.717, 1.165) is 0 Å². The SMILES string of the molecule is C[SiH](C)OC(c1cc(O[Si](C)(C)C(C)(C)C)cc(=O)o1)C(C)(C)C. The van der Waals surface area contributed by atoms with E-state index in [-0.39, 0.29) is 22.2 Å². The summed E-state index contributed by atoms with van der Waals surface area (Å²) in [6.07, 6.45) is -0.250. The van der Waals surface area contributed by atoms with Crippen molar-refractivity contribution in [2.24, 2.45) is 5.41 Å². The van der Waals surface area contributed by atoms with Crippen LogP contribution in [0.15, 0.2) is 21.3 Å². The maximum Gasteiger partial charge on any atom is 0.339 e. The maximum absolute atomic E-state index is 12.1. The topological polar surface area (TPSA) is 48.7 Å². The Hall–Kier alpha value is -0.856. The Kier molecular flexibility index (Phi) is 6.33. The summed E-state index contributed by atoms with van der Waals surface area (Å²) >= 11 is 0. The first kappa shape index (κ1) is 21.2. The lowest BCUT2D eigenvalue weighted by atomic mass is 9.87. The lowest BCUT2D eigenvalue weighted by Gasteiger charge is -2.36. The van der Waals surface area contributed by atoms with E-state index in [9.17, 15) is 4.79 Å². The normalized spacial score (nSPS) is 14.8. The molecule has 0 aliphatic heterocycles. The Morgan fingerprint density at radius 2 is 1.62 bits per heavy atom. The summed E-state index contributed by atoms with van der Waals surface area (Å²) < 4.78 is 17.9. The summed E-state index contributed by atoms with van der Waals surface area (Å²) in [5, 5.41) is 0.0635. The monoisotopic (exact) mass is 370 g/mol. The van der Waals surface area contributed by atoms with Crippen molar-refractivity contribution in [2.45, 2.75) is 78.9 Å². The fourth-order valence-corrected chi connectivity index (χ4v) is 4.18. The maximum atomic E-state index is 12.1. The molecule has 0 bridgehead atoms. The molecule has 4 nitrogen and oxygen atoms in total. The van der Waals surface area contributed by atoms with Gasteiger partial charge in [0.2, 0.25) is 8.32 Å². The van der Waals surface area contributed by atoms with E-state index in [4.69, 9.17) is 13.3 Å². The first-order valence-electron chi connectivity index (χ1n) is 8.63. The first-order chi connectivity index (χ1) is 10.6. The summed E-state index contributed by atoms with van der Waals surface area (Å²) in [5.41, 5.74) is -0.549. The molecular formula is C18H34O4Si2. The van der Waals surface area contributed by atoms with Gasteiger partial charge in [-0.25, -0.2) is 4.79 Å². The third kappa shape index (κ3) is 5.60. The van der Waals surface area contributed by atoms with Gasteiger partial charge in [-0.1, -0.05) is 41.5 Å². The summed E-state index contributed by atoms with van der Waals surface area (Å²) in [4.78, 5) is 12.1. The number of rotatable bonds is 5. The standard InChI is InChI=1S/C18H34O4Si2/c1-17(2,3)16(21-23(7)8)14-11-13(12-15(19)20-14)22-24(9,10)18(4,5)6/h11-12,16,23H,1-10H3. The van der Waals surface area contributed by atoms with E-state index in [0.29, 0.717) is 11.5 Å². The summed E-state index contributed by atoms with van der Waals surface area (Å²) in [7, 11) is -3.31. The Morgan fingerprint density at radius 1 is 1.08 bits per heavy atom. The molecule has 0 N–H and O–H groups in total. The molecule has 0 spiro atoms. The van der Waals surface area contributed by atoms with Gasteiger partial charge in [-0.15, -0.1) is 0 Å². The molecule has 0 aliphatic carbocycles. The van der Waals surface area contributed by atoms with E-state index in [1.54, 1.807) is 0 Å². The van der Waals surface area contributed by atoms with Crippen LogP contribution in [-0.2, 0) is 4.43 Å². The smallest absolute Gasteiger partial charge is 0.339 e. The Labute approximate surface area is 149 Å². The lowest BCUT2D eigenvalue weighted by molar-refractivity contribution is 0.0628. The van der Waals surface area contributed by atoms with Crippen LogP contribution in [0, 0.1) is 5.41 Å². The molecule has 0 saturated heterocycles. The van der Waals surface area contributed by atoms with E-state index in [1.807, 2.05) is 6.07 Å². The highest BCUT2D eigenvalue weighted by atomic mass is 28.4. The zero-order valence-electron chi connectivity index (χ0n) is 16.9. The zero-order chi connectivity index (χ0) is 18.9. The molecule has 1 heterocycles. The van der Waals surface area contributed by atoms with Gasteiger partial charge in [-0.3, -0.25) is 0 Å². The summed E-state index contributed by atoms with van der Waals surface area (Å²) in [5.74, 6) is 1.15. The van der Waals surface area contributed by atoms with Gasteiger partial charge in [0.25, 0.3) is 0 Å². The van der Waals surface area contributed by atoms with Gasteiger partial charge in [-0.05, 0) is 36.6 Å². The van der Waals surface area contributed by atoms with Gasteiger partial charge in [0.1, 0.15) is 17.6 Å². The van der Waals surface area contributed by atoms with Gasteiger partial charge >= 0.3 is 5.63 Å². The molecule has 0 aromatic carbocycles. The number of hydrogen-bond donors (Lipinski definition) is 0. The predicted octanol–water partition coefficient (Wildman–Crippen LogP) is 5.11. The van der Waals surface area contributed by atoms with Crippen molar-refractivity contribution < 1.29 is 13.3 Å². The van der Waals surface area contributed by atoms with Crippen molar-refractivity contribution in [1.29, 1.82) is 0 Å². The molecule has 1 unspecified atom stereocenters. The fraction of sp³-hybridized carbons (Fsp3) is 0.722. The molecule has 0 saturated carbocycles. The van der Waals surface area contributed by atoms with Crippen molar-refractivity contribution in [1.82, 2.24) is 0 Å². The van der Waals surface area contributed by atoms with Crippen LogP contribution in [0.5, 0.6) is 5.75 Å². The van der Waals surface area contributed by atoms with Crippen molar-refractivity contribution >= 4 is 17.4 Å². The fourth-order valence-electron chi connectivity index (χ4n) is 2.08. The average molecular weight is 371 g/mol. The molecule has 1 atom stereocenters. The molecule has 24 heavy (non-hydrogen) atoms. The number of hydrogen-bond acceptors (Lipinski definition) is 4. The zero-order valence-corrected chi connectivity index (χ0v) is 19.1. The van der Waals surface area contributed by atoms with Crippen molar-refractivity contribution in [3.63, 3.8) is 0 Å².